The monoisotopic (exact) mass is 186 g/mol. The first kappa shape index (κ1) is 8.32. The number of benzene rings is 1. The molecule has 0 radical (unpaired) electrons. The highest BCUT2D eigenvalue weighted by Crippen LogP contribution is 2.18. The maximum absolute atomic E-state index is 10.8. The van der Waals surface area contributed by atoms with Gasteiger partial charge in [0.1, 0.15) is 11.8 Å². The third-order valence-corrected chi connectivity index (χ3v) is 2.01. The van der Waals surface area contributed by atoms with Gasteiger partial charge in [0.15, 0.2) is 0 Å². The second kappa shape index (κ2) is 2.89. The van der Waals surface area contributed by atoms with Crippen molar-refractivity contribution in [1.29, 1.82) is 5.26 Å². The van der Waals surface area contributed by atoms with E-state index in [-0.39, 0.29) is 5.56 Å². The molecule has 0 aliphatic carbocycles. The summed E-state index contributed by atoms with van der Waals surface area (Å²) in [6.45, 7) is 0. The van der Waals surface area contributed by atoms with Crippen LogP contribution in [0.15, 0.2) is 24.3 Å². The molecule has 0 spiro atoms. The van der Waals surface area contributed by atoms with Crippen molar-refractivity contribution in [2.75, 3.05) is 0 Å². The van der Waals surface area contributed by atoms with Gasteiger partial charge >= 0.3 is 5.97 Å². The molecule has 0 saturated heterocycles. The van der Waals surface area contributed by atoms with Gasteiger partial charge in [0.05, 0.1) is 11.1 Å². The number of rotatable bonds is 1. The SMILES string of the molecule is N#Cc1cc2cccc(C(=O)O)c2[nH]1. The number of carboxylic acids is 1. The number of carbonyl (C=O) groups is 1. The van der Waals surface area contributed by atoms with Crippen LogP contribution in [-0.4, -0.2) is 16.1 Å². The molecule has 0 saturated carbocycles. The Bertz CT molecular complexity index is 549. The maximum Gasteiger partial charge on any atom is 0.337 e. The fraction of sp³-hybridized carbons (Fsp3) is 0. The predicted octanol–water partition coefficient (Wildman–Crippen LogP) is 1.74. The Morgan fingerprint density at radius 1 is 1.50 bits per heavy atom. The van der Waals surface area contributed by atoms with Gasteiger partial charge in [0.25, 0.3) is 0 Å². The molecule has 0 aliphatic heterocycles. The first-order chi connectivity index (χ1) is 6.72. The Balaban J connectivity index is 2.81. The second-order valence-electron chi connectivity index (χ2n) is 2.87. The van der Waals surface area contributed by atoms with Crippen LogP contribution < -0.4 is 0 Å². The van der Waals surface area contributed by atoms with Crippen molar-refractivity contribution in [2.24, 2.45) is 0 Å². The van der Waals surface area contributed by atoms with Gasteiger partial charge in [0.2, 0.25) is 0 Å². The summed E-state index contributed by atoms with van der Waals surface area (Å²) < 4.78 is 0. The molecule has 2 aromatic rings. The molecule has 0 fully saturated rings. The van der Waals surface area contributed by atoms with Gasteiger partial charge in [-0.3, -0.25) is 0 Å². The second-order valence-corrected chi connectivity index (χ2v) is 2.87. The number of nitriles is 1. The van der Waals surface area contributed by atoms with E-state index in [1.54, 1.807) is 18.2 Å². The van der Waals surface area contributed by atoms with Gasteiger partial charge in [-0.1, -0.05) is 12.1 Å². The van der Waals surface area contributed by atoms with Crippen LogP contribution in [-0.2, 0) is 0 Å². The molecule has 0 bridgehead atoms. The van der Waals surface area contributed by atoms with Crippen molar-refractivity contribution in [1.82, 2.24) is 4.98 Å². The van der Waals surface area contributed by atoms with E-state index in [0.29, 0.717) is 11.2 Å². The van der Waals surface area contributed by atoms with E-state index < -0.39 is 5.97 Å². The lowest BCUT2D eigenvalue weighted by molar-refractivity contribution is 0.0699. The number of aromatic nitrogens is 1. The van der Waals surface area contributed by atoms with Crippen LogP contribution in [0, 0.1) is 11.3 Å². The molecule has 68 valence electrons. The van der Waals surface area contributed by atoms with E-state index in [9.17, 15) is 4.79 Å². The lowest BCUT2D eigenvalue weighted by Crippen LogP contribution is -1.96. The summed E-state index contributed by atoms with van der Waals surface area (Å²) in [5.41, 5.74) is 1.05. The number of aromatic carboxylic acids is 1. The standard InChI is InChI=1S/C10H6N2O2/c11-5-7-4-6-2-1-3-8(10(13)14)9(6)12-7/h1-4,12H,(H,13,14). The Morgan fingerprint density at radius 3 is 2.93 bits per heavy atom. The molecule has 2 rings (SSSR count). The molecule has 1 heterocycles. The average Bonchev–Trinajstić information content (AvgIpc) is 2.59. The smallest absolute Gasteiger partial charge is 0.337 e. The Labute approximate surface area is 79.4 Å². The van der Waals surface area contributed by atoms with E-state index in [2.05, 4.69) is 4.98 Å². The van der Waals surface area contributed by atoms with Gasteiger partial charge in [-0.25, -0.2) is 4.79 Å². The number of nitrogens with one attached hydrogen (secondary N) is 1. The Morgan fingerprint density at radius 2 is 2.29 bits per heavy atom. The number of hydrogen-bond acceptors (Lipinski definition) is 2. The van der Waals surface area contributed by atoms with Crippen molar-refractivity contribution in [3.8, 4) is 6.07 Å². The molecular formula is C10H6N2O2. The summed E-state index contributed by atoms with van der Waals surface area (Å²) in [6, 6.07) is 8.48. The molecule has 1 aromatic carbocycles. The lowest BCUT2D eigenvalue weighted by atomic mass is 10.1. The molecule has 0 unspecified atom stereocenters. The zero-order chi connectivity index (χ0) is 10.1. The van der Waals surface area contributed by atoms with E-state index in [1.165, 1.54) is 6.07 Å². The van der Waals surface area contributed by atoms with Gasteiger partial charge in [-0.05, 0) is 12.1 Å². The number of carboxylic acid groups (broad SMARTS) is 1. The minimum Gasteiger partial charge on any atom is -0.478 e. The molecule has 4 heteroatoms. The first-order valence-corrected chi connectivity index (χ1v) is 3.97. The molecule has 1 aromatic heterocycles. The molecule has 4 nitrogen and oxygen atoms in total. The summed E-state index contributed by atoms with van der Waals surface area (Å²) in [4.78, 5) is 13.6. The Hall–Kier alpha value is -2.28. The Kier molecular flexibility index (Phi) is 1.72. The van der Waals surface area contributed by atoms with Crippen molar-refractivity contribution in [3.63, 3.8) is 0 Å². The van der Waals surface area contributed by atoms with Crippen molar-refractivity contribution in [2.45, 2.75) is 0 Å². The number of fused-ring (bicyclic) bond motifs is 1. The minimum atomic E-state index is -0.998. The third kappa shape index (κ3) is 1.12. The largest absolute Gasteiger partial charge is 0.478 e. The summed E-state index contributed by atoms with van der Waals surface area (Å²) in [5, 5.41) is 18.2. The van der Waals surface area contributed by atoms with Crippen molar-refractivity contribution >= 4 is 16.9 Å². The normalized spacial score (nSPS) is 9.93. The highest BCUT2D eigenvalue weighted by molar-refractivity contribution is 6.02. The molecule has 0 aliphatic rings. The topological polar surface area (TPSA) is 76.9 Å². The summed E-state index contributed by atoms with van der Waals surface area (Å²) >= 11 is 0. The maximum atomic E-state index is 10.8. The number of para-hydroxylation sites is 1. The van der Waals surface area contributed by atoms with Gasteiger partial charge in [-0.2, -0.15) is 5.26 Å². The number of aromatic amines is 1. The quantitative estimate of drug-likeness (QED) is 0.712. The van der Waals surface area contributed by atoms with Gasteiger partial charge < -0.3 is 10.1 Å². The molecule has 2 N–H and O–H groups in total. The summed E-state index contributed by atoms with van der Waals surface area (Å²) in [6.07, 6.45) is 0. The lowest BCUT2D eigenvalue weighted by Gasteiger charge is -1.95. The minimum absolute atomic E-state index is 0.184. The van der Waals surface area contributed by atoms with Crippen LogP contribution in [0.25, 0.3) is 10.9 Å². The number of hydrogen-bond donors (Lipinski definition) is 2. The van der Waals surface area contributed by atoms with E-state index in [1.807, 2.05) is 6.07 Å². The van der Waals surface area contributed by atoms with E-state index >= 15 is 0 Å². The highest BCUT2D eigenvalue weighted by atomic mass is 16.4. The summed E-state index contributed by atoms with van der Waals surface area (Å²) in [5.74, 6) is -0.998. The van der Waals surface area contributed by atoms with Crippen molar-refractivity contribution < 1.29 is 9.90 Å². The van der Waals surface area contributed by atoms with Crippen LogP contribution in [0.5, 0.6) is 0 Å². The van der Waals surface area contributed by atoms with Crippen LogP contribution in [0.2, 0.25) is 0 Å². The fourth-order valence-electron chi connectivity index (χ4n) is 1.39. The van der Waals surface area contributed by atoms with Gasteiger partial charge in [0, 0.05) is 5.39 Å². The predicted molar refractivity (Wildman–Crippen MR) is 50.0 cm³/mol. The first-order valence-electron chi connectivity index (χ1n) is 3.97. The molecule has 0 amide bonds. The molecule has 0 atom stereocenters. The average molecular weight is 186 g/mol. The third-order valence-electron chi connectivity index (χ3n) is 2.01. The van der Waals surface area contributed by atoms with E-state index in [4.69, 9.17) is 10.4 Å². The highest BCUT2D eigenvalue weighted by Gasteiger charge is 2.09. The fourth-order valence-corrected chi connectivity index (χ4v) is 1.39. The molecule has 14 heavy (non-hydrogen) atoms. The number of nitrogens with zero attached hydrogens (tertiary/aromatic N) is 1. The summed E-state index contributed by atoms with van der Waals surface area (Å²) in [7, 11) is 0. The van der Waals surface area contributed by atoms with E-state index in [0.717, 1.165) is 5.39 Å². The zero-order valence-electron chi connectivity index (χ0n) is 7.11. The van der Waals surface area contributed by atoms with Crippen LogP contribution in [0.4, 0.5) is 0 Å². The zero-order valence-corrected chi connectivity index (χ0v) is 7.11. The van der Waals surface area contributed by atoms with Crippen LogP contribution >= 0.6 is 0 Å². The van der Waals surface area contributed by atoms with Gasteiger partial charge in [-0.15, -0.1) is 0 Å². The van der Waals surface area contributed by atoms with Crippen molar-refractivity contribution in [3.05, 3.63) is 35.5 Å². The number of H-pyrrole nitrogens is 1. The van der Waals surface area contributed by atoms with Crippen LogP contribution in [0.1, 0.15) is 16.1 Å². The molecular weight excluding hydrogens is 180 g/mol. The van der Waals surface area contributed by atoms with Crippen LogP contribution in [0.3, 0.4) is 0 Å².